The molecule has 7 nitrogen and oxygen atoms in total. The lowest BCUT2D eigenvalue weighted by Gasteiger charge is -2.14. The average Bonchev–Trinajstić information content (AvgIpc) is 2.87. The maximum atomic E-state index is 10.6. The van der Waals surface area contributed by atoms with E-state index in [2.05, 4.69) is 34.9 Å². The van der Waals surface area contributed by atoms with Crippen molar-refractivity contribution in [3.63, 3.8) is 0 Å². The molecular weight excluding hydrogens is 444 g/mol. The molecular formula is C28H42N2O5. The second-order valence-electron chi connectivity index (χ2n) is 8.80. The highest BCUT2D eigenvalue weighted by Gasteiger charge is 2.10. The lowest BCUT2D eigenvalue weighted by atomic mass is 10.0. The normalized spacial score (nSPS) is 11.9. The van der Waals surface area contributed by atoms with Crippen LogP contribution < -0.4 is 10.6 Å². The number of phenols is 1. The predicted octanol–water partition coefficient (Wildman–Crippen LogP) is 4.37. The lowest BCUT2D eigenvalue weighted by Crippen LogP contribution is -2.22. The van der Waals surface area contributed by atoms with Crippen molar-refractivity contribution in [3.8, 4) is 5.75 Å². The number of aliphatic hydroxyl groups is 1. The minimum absolute atomic E-state index is 0.0254. The van der Waals surface area contributed by atoms with Crippen molar-refractivity contribution in [2.75, 3.05) is 45.3 Å². The van der Waals surface area contributed by atoms with Gasteiger partial charge < -0.3 is 30.3 Å². The molecule has 0 aromatic heterocycles. The van der Waals surface area contributed by atoms with E-state index in [0.717, 1.165) is 77.7 Å². The lowest BCUT2D eigenvalue weighted by molar-refractivity contribution is -0.105. The van der Waals surface area contributed by atoms with Crippen LogP contribution in [0.5, 0.6) is 5.75 Å². The van der Waals surface area contributed by atoms with Crippen LogP contribution in [0.25, 0.3) is 0 Å². The smallest absolute Gasteiger partial charge is 0.211 e. The minimum atomic E-state index is -0.704. The average molecular weight is 487 g/mol. The van der Waals surface area contributed by atoms with Gasteiger partial charge in [0, 0.05) is 33.5 Å². The Kier molecular flexibility index (Phi) is 14.7. The maximum Gasteiger partial charge on any atom is 0.211 e. The van der Waals surface area contributed by atoms with Crippen LogP contribution in [0, 0.1) is 0 Å². The Balaban J connectivity index is 1.42. The van der Waals surface area contributed by atoms with Gasteiger partial charge in [0.2, 0.25) is 6.41 Å². The fourth-order valence-electron chi connectivity index (χ4n) is 3.86. The van der Waals surface area contributed by atoms with Crippen LogP contribution in [0.3, 0.4) is 0 Å². The SMILES string of the molecule is COCCCc1ccc(CCCCOCCCCCNCC(O)c2ccc(O)c(NC=O)c2)cc1. The largest absolute Gasteiger partial charge is 0.506 e. The number of hydrogen-bond donors (Lipinski definition) is 4. The highest BCUT2D eigenvalue weighted by atomic mass is 16.5. The van der Waals surface area contributed by atoms with Gasteiger partial charge >= 0.3 is 0 Å². The van der Waals surface area contributed by atoms with Gasteiger partial charge in [-0.2, -0.15) is 0 Å². The second-order valence-corrected chi connectivity index (χ2v) is 8.80. The summed E-state index contributed by atoms with van der Waals surface area (Å²) in [4.78, 5) is 10.6. The summed E-state index contributed by atoms with van der Waals surface area (Å²) in [6, 6.07) is 13.6. The molecule has 0 saturated carbocycles. The number of nitrogens with one attached hydrogen (secondary N) is 2. The van der Waals surface area contributed by atoms with Crippen molar-refractivity contribution in [1.29, 1.82) is 0 Å². The summed E-state index contributed by atoms with van der Waals surface area (Å²) < 4.78 is 10.9. The molecule has 0 heterocycles. The minimum Gasteiger partial charge on any atom is -0.506 e. The van der Waals surface area contributed by atoms with Gasteiger partial charge in [0.15, 0.2) is 0 Å². The number of methoxy groups -OCH3 is 1. The van der Waals surface area contributed by atoms with E-state index < -0.39 is 6.10 Å². The molecule has 0 aliphatic rings. The van der Waals surface area contributed by atoms with Gasteiger partial charge in [-0.1, -0.05) is 30.3 Å². The van der Waals surface area contributed by atoms with E-state index in [9.17, 15) is 15.0 Å². The van der Waals surface area contributed by atoms with Gasteiger partial charge in [-0.15, -0.1) is 0 Å². The van der Waals surface area contributed by atoms with Crippen molar-refractivity contribution in [2.24, 2.45) is 0 Å². The molecule has 35 heavy (non-hydrogen) atoms. The van der Waals surface area contributed by atoms with Crippen molar-refractivity contribution in [2.45, 2.75) is 57.5 Å². The van der Waals surface area contributed by atoms with Crippen LogP contribution in [0.1, 0.15) is 61.3 Å². The standard InChI is InChI=1S/C28H42N2O5/c1-34-17-7-9-24-12-10-23(11-13-24)8-3-6-19-35-18-5-2-4-16-29-21-28(33)25-14-15-27(32)26(20-25)30-22-31/h10-15,20,22,28-29,32-33H,2-9,16-19,21H2,1H3,(H,30,31). The van der Waals surface area contributed by atoms with E-state index in [1.165, 1.54) is 17.2 Å². The fraction of sp³-hybridized carbons (Fsp3) is 0.536. The Morgan fingerprint density at radius 1 is 0.886 bits per heavy atom. The number of aliphatic hydroxyl groups excluding tert-OH is 1. The summed E-state index contributed by atoms with van der Waals surface area (Å²) >= 11 is 0. The van der Waals surface area contributed by atoms with Crippen LogP contribution in [-0.4, -0.2) is 56.6 Å². The Morgan fingerprint density at radius 2 is 1.57 bits per heavy atom. The van der Waals surface area contributed by atoms with Crippen molar-refractivity contribution < 1.29 is 24.5 Å². The molecule has 1 amide bonds. The predicted molar refractivity (Wildman–Crippen MR) is 140 cm³/mol. The van der Waals surface area contributed by atoms with E-state index in [4.69, 9.17) is 9.47 Å². The number of aryl methyl sites for hydroxylation is 2. The van der Waals surface area contributed by atoms with Crippen LogP contribution in [0.15, 0.2) is 42.5 Å². The number of amides is 1. The highest BCUT2D eigenvalue weighted by Crippen LogP contribution is 2.26. The van der Waals surface area contributed by atoms with E-state index in [0.29, 0.717) is 24.2 Å². The number of unbranched alkanes of at least 4 members (excludes halogenated alkanes) is 3. The molecule has 2 rings (SSSR count). The zero-order valence-corrected chi connectivity index (χ0v) is 21.0. The molecule has 0 aliphatic heterocycles. The van der Waals surface area contributed by atoms with Gasteiger partial charge in [-0.3, -0.25) is 4.79 Å². The quantitative estimate of drug-likeness (QED) is 0.126. The number of ether oxygens (including phenoxy) is 2. The number of rotatable bonds is 20. The third-order valence-corrected chi connectivity index (χ3v) is 5.94. The molecule has 0 aliphatic carbocycles. The second kappa shape index (κ2) is 17.9. The molecule has 2 aromatic carbocycles. The molecule has 1 atom stereocenters. The van der Waals surface area contributed by atoms with Crippen LogP contribution in [-0.2, 0) is 27.1 Å². The fourth-order valence-corrected chi connectivity index (χ4v) is 3.86. The van der Waals surface area contributed by atoms with Crippen LogP contribution >= 0.6 is 0 Å². The van der Waals surface area contributed by atoms with Gasteiger partial charge in [0.25, 0.3) is 0 Å². The molecule has 0 fully saturated rings. The third kappa shape index (κ3) is 12.2. The molecule has 0 radical (unpaired) electrons. The van der Waals surface area contributed by atoms with Gasteiger partial charge in [-0.05, 0) is 86.7 Å². The van der Waals surface area contributed by atoms with Crippen molar-refractivity contribution in [3.05, 3.63) is 59.2 Å². The molecule has 2 aromatic rings. The molecule has 0 spiro atoms. The number of anilines is 1. The van der Waals surface area contributed by atoms with Gasteiger partial charge in [-0.25, -0.2) is 0 Å². The summed E-state index contributed by atoms with van der Waals surface area (Å²) in [6.45, 7) is 3.65. The number of carbonyl (C=O) groups excluding carboxylic acids is 1. The molecule has 1 unspecified atom stereocenters. The number of carbonyl (C=O) groups is 1. The molecule has 0 saturated heterocycles. The number of hydrogen-bond acceptors (Lipinski definition) is 6. The number of benzene rings is 2. The van der Waals surface area contributed by atoms with Gasteiger partial charge in [0.1, 0.15) is 5.75 Å². The molecule has 0 bridgehead atoms. The number of phenolic OH excluding ortho intramolecular Hbond substituents is 1. The van der Waals surface area contributed by atoms with Crippen molar-refractivity contribution in [1.82, 2.24) is 5.32 Å². The summed E-state index contributed by atoms with van der Waals surface area (Å²) in [5.74, 6) is -0.0254. The van der Waals surface area contributed by atoms with Crippen LogP contribution in [0.2, 0.25) is 0 Å². The summed E-state index contributed by atoms with van der Waals surface area (Å²) in [5.41, 5.74) is 3.70. The van der Waals surface area contributed by atoms with Crippen LogP contribution in [0.4, 0.5) is 5.69 Å². The first-order chi connectivity index (χ1) is 17.1. The van der Waals surface area contributed by atoms with E-state index in [1.807, 2.05) is 0 Å². The van der Waals surface area contributed by atoms with Crippen molar-refractivity contribution >= 4 is 12.1 Å². The maximum absolute atomic E-state index is 10.6. The third-order valence-electron chi connectivity index (χ3n) is 5.94. The molecule has 7 heteroatoms. The topological polar surface area (TPSA) is 100 Å². The summed E-state index contributed by atoms with van der Waals surface area (Å²) in [7, 11) is 1.74. The first kappa shape index (κ1) is 28.8. The van der Waals surface area contributed by atoms with E-state index in [1.54, 1.807) is 19.2 Å². The zero-order chi connectivity index (χ0) is 25.1. The monoisotopic (exact) mass is 486 g/mol. The molecule has 194 valence electrons. The Hall–Kier alpha value is -2.45. The summed E-state index contributed by atoms with van der Waals surface area (Å²) in [6.07, 6.45) is 8.38. The first-order valence-corrected chi connectivity index (χ1v) is 12.7. The number of aromatic hydroxyl groups is 1. The first-order valence-electron chi connectivity index (χ1n) is 12.7. The Labute approximate surface area is 209 Å². The van der Waals surface area contributed by atoms with E-state index in [-0.39, 0.29) is 5.75 Å². The summed E-state index contributed by atoms with van der Waals surface area (Å²) in [5, 5.41) is 25.6. The van der Waals surface area contributed by atoms with Gasteiger partial charge in [0.05, 0.1) is 11.8 Å². The Bertz CT molecular complexity index is 829. The zero-order valence-electron chi connectivity index (χ0n) is 21.0. The molecule has 4 N–H and O–H groups in total. The van der Waals surface area contributed by atoms with E-state index >= 15 is 0 Å². The Morgan fingerprint density at radius 3 is 2.26 bits per heavy atom. The highest BCUT2D eigenvalue weighted by molar-refractivity contribution is 5.75.